The van der Waals surface area contributed by atoms with Gasteiger partial charge >= 0.3 is 5.69 Å². The van der Waals surface area contributed by atoms with Gasteiger partial charge in [-0.15, -0.1) is 0 Å². The molecule has 0 amide bonds. The maximum atomic E-state index is 12.6. The number of hydrogen-bond acceptors (Lipinski definition) is 4. The normalized spacial score (nSPS) is 12.7. The lowest BCUT2D eigenvalue weighted by Crippen LogP contribution is -2.38. The summed E-state index contributed by atoms with van der Waals surface area (Å²) in [6.45, 7) is 2.37. The van der Waals surface area contributed by atoms with Crippen LogP contribution in [-0.4, -0.2) is 25.3 Å². The Kier molecular flexibility index (Phi) is 3.87. The molecule has 0 saturated carbocycles. The Labute approximate surface area is 132 Å². The third kappa shape index (κ3) is 2.39. The second kappa shape index (κ2) is 5.85. The molecule has 120 valence electrons. The highest BCUT2D eigenvalue weighted by Crippen LogP contribution is 2.22. The number of fused-ring (bicyclic) bond motifs is 1. The maximum Gasteiger partial charge on any atom is 0.332 e. The standard InChI is InChI=1S/C16H18N4O3/c1-4-23-15(11-8-6-5-7-9-11)20-10-17-13-12(20)14(21)19(3)16(22)18(13)2/h5-10,15H,4H2,1-3H3. The molecule has 0 aliphatic rings. The average molecular weight is 314 g/mol. The van der Waals surface area contributed by atoms with Crippen molar-refractivity contribution in [3.8, 4) is 0 Å². The predicted molar refractivity (Wildman–Crippen MR) is 86.4 cm³/mol. The Bertz CT molecular complexity index is 953. The zero-order chi connectivity index (χ0) is 16.6. The first kappa shape index (κ1) is 15.2. The van der Waals surface area contributed by atoms with Crippen LogP contribution in [0.15, 0.2) is 46.2 Å². The first-order chi connectivity index (χ1) is 11.1. The van der Waals surface area contributed by atoms with Gasteiger partial charge in [0.05, 0.1) is 0 Å². The summed E-state index contributed by atoms with van der Waals surface area (Å²) in [6, 6.07) is 9.60. The van der Waals surface area contributed by atoms with Gasteiger partial charge in [-0.1, -0.05) is 30.3 Å². The number of benzene rings is 1. The molecular weight excluding hydrogens is 296 g/mol. The molecule has 0 N–H and O–H groups in total. The van der Waals surface area contributed by atoms with Gasteiger partial charge in [-0.25, -0.2) is 9.78 Å². The Balaban J connectivity index is 2.31. The van der Waals surface area contributed by atoms with Crippen LogP contribution in [0.3, 0.4) is 0 Å². The largest absolute Gasteiger partial charge is 0.354 e. The van der Waals surface area contributed by atoms with Crippen molar-refractivity contribution in [3.05, 3.63) is 63.1 Å². The van der Waals surface area contributed by atoms with Crippen LogP contribution in [0, 0.1) is 0 Å². The molecule has 23 heavy (non-hydrogen) atoms. The summed E-state index contributed by atoms with van der Waals surface area (Å²) in [4.78, 5) is 28.8. The quantitative estimate of drug-likeness (QED) is 0.721. The topological polar surface area (TPSA) is 71.1 Å². The fraction of sp³-hybridized carbons (Fsp3) is 0.312. The predicted octanol–water partition coefficient (Wildman–Crippen LogP) is 1.02. The molecule has 0 aliphatic carbocycles. The molecule has 0 radical (unpaired) electrons. The summed E-state index contributed by atoms with van der Waals surface area (Å²) in [5.41, 5.74) is 0.807. The van der Waals surface area contributed by atoms with Crippen LogP contribution in [0.5, 0.6) is 0 Å². The van der Waals surface area contributed by atoms with E-state index in [-0.39, 0.29) is 5.56 Å². The zero-order valence-corrected chi connectivity index (χ0v) is 13.3. The maximum absolute atomic E-state index is 12.6. The number of imidazole rings is 1. The van der Waals surface area contributed by atoms with Crippen LogP contribution in [0.1, 0.15) is 18.7 Å². The smallest absolute Gasteiger partial charge is 0.332 e. The van der Waals surface area contributed by atoms with E-state index in [9.17, 15) is 9.59 Å². The molecule has 1 unspecified atom stereocenters. The fourth-order valence-corrected chi connectivity index (χ4v) is 2.65. The molecule has 2 aromatic heterocycles. The molecule has 7 nitrogen and oxygen atoms in total. The summed E-state index contributed by atoms with van der Waals surface area (Å²) in [5, 5.41) is 0. The summed E-state index contributed by atoms with van der Waals surface area (Å²) >= 11 is 0. The Morgan fingerprint density at radius 1 is 1.13 bits per heavy atom. The second-order valence-electron chi connectivity index (χ2n) is 5.25. The van der Waals surface area contributed by atoms with Crippen molar-refractivity contribution < 1.29 is 4.74 Å². The van der Waals surface area contributed by atoms with E-state index in [1.807, 2.05) is 37.3 Å². The highest BCUT2D eigenvalue weighted by atomic mass is 16.5. The number of aryl methyl sites for hydroxylation is 1. The van der Waals surface area contributed by atoms with Crippen molar-refractivity contribution in [2.24, 2.45) is 14.1 Å². The summed E-state index contributed by atoms with van der Waals surface area (Å²) < 4.78 is 9.95. The van der Waals surface area contributed by atoms with E-state index in [2.05, 4.69) is 4.98 Å². The van der Waals surface area contributed by atoms with Gasteiger partial charge in [0.15, 0.2) is 17.4 Å². The lowest BCUT2D eigenvalue weighted by molar-refractivity contribution is 0.0436. The molecule has 3 aromatic rings. The van der Waals surface area contributed by atoms with Gasteiger partial charge < -0.3 is 4.74 Å². The monoisotopic (exact) mass is 314 g/mol. The van der Waals surface area contributed by atoms with E-state index in [1.165, 1.54) is 11.6 Å². The third-order valence-corrected chi connectivity index (χ3v) is 3.84. The van der Waals surface area contributed by atoms with E-state index in [1.54, 1.807) is 17.9 Å². The van der Waals surface area contributed by atoms with E-state index >= 15 is 0 Å². The van der Waals surface area contributed by atoms with Crippen LogP contribution < -0.4 is 11.2 Å². The summed E-state index contributed by atoms with van der Waals surface area (Å²) in [7, 11) is 3.05. The van der Waals surface area contributed by atoms with Crippen molar-refractivity contribution in [1.82, 2.24) is 18.7 Å². The van der Waals surface area contributed by atoms with E-state index in [0.29, 0.717) is 17.8 Å². The first-order valence-electron chi connectivity index (χ1n) is 7.35. The van der Waals surface area contributed by atoms with Gasteiger partial charge in [0.1, 0.15) is 6.33 Å². The highest BCUT2D eigenvalue weighted by molar-refractivity contribution is 5.70. The molecule has 1 atom stereocenters. The van der Waals surface area contributed by atoms with Crippen molar-refractivity contribution in [2.45, 2.75) is 13.2 Å². The Hall–Kier alpha value is -2.67. The van der Waals surface area contributed by atoms with Gasteiger partial charge in [-0.2, -0.15) is 0 Å². The zero-order valence-electron chi connectivity index (χ0n) is 13.3. The molecule has 2 heterocycles. The molecule has 0 bridgehead atoms. The second-order valence-corrected chi connectivity index (χ2v) is 5.25. The number of aromatic nitrogens is 4. The molecular formula is C16H18N4O3. The van der Waals surface area contributed by atoms with Crippen LogP contribution in [0.4, 0.5) is 0 Å². The average Bonchev–Trinajstić information content (AvgIpc) is 3.01. The lowest BCUT2D eigenvalue weighted by Gasteiger charge is -2.19. The van der Waals surface area contributed by atoms with Crippen LogP contribution >= 0.6 is 0 Å². The molecule has 3 rings (SSSR count). The van der Waals surface area contributed by atoms with Gasteiger partial charge in [0, 0.05) is 26.3 Å². The molecule has 0 fully saturated rings. The van der Waals surface area contributed by atoms with Crippen molar-refractivity contribution >= 4 is 11.2 Å². The van der Waals surface area contributed by atoms with Gasteiger partial charge in [0.2, 0.25) is 0 Å². The third-order valence-electron chi connectivity index (χ3n) is 3.84. The SMILES string of the molecule is CCOC(c1ccccc1)n1cnc2c1c(=O)n(C)c(=O)n2C. The fourth-order valence-electron chi connectivity index (χ4n) is 2.65. The Morgan fingerprint density at radius 3 is 2.48 bits per heavy atom. The Morgan fingerprint density at radius 2 is 1.83 bits per heavy atom. The number of rotatable bonds is 4. The lowest BCUT2D eigenvalue weighted by atomic mass is 10.2. The van der Waals surface area contributed by atoms with Crippen molar-refractivity contribution in [1.29, 1.82) is 0 Å². The minimum Gasteiger partial charge on any atom is -0.354 e. The number of ether oxygens (including phenoxy) is 1. The molecule has 0 saturated heterocycles. The summed E-state index contributed by atoms with van der Waals surface area (Å²) in [5.74, 6) is 0. The van der Waals surface area contributed by atoms with Crippen molar-refractivity contribution in [2.75, 3.05) is 6.61 Å². The van der Waals surface area contributed by atoms with Gasteiger partial charge in [-0.3, -0.25) is 18.5 Å². The summed E-state index contributed by atoms with van der Waals surface area (Å²) in [6.07, 6.45) is 1.06. The first-order valence-corrected chi connectivity index (χ1v) is 7.35. The van der Waals surface area contributed by atoms with Crippen LogP contribution in [0.2, 0.25) is 0 Å². The molecule has 1 aromatic carbocycles. The van der Waals surface area contributed by atoms with E-state index in [4.69, 9.17) is 4.74 Å². The minimum absolute atomic E-state index is 0.344. The molecule has 7 heteroatoms. The van der Waals surface area contributed by atoms with E-state index in [0.717, 1.165) is 10.1 Å². The minimum atomic E-state index is -0.476. The van der Waals surface area contributed by atoms with Gasteiger partial charge in [0.25, 0.3) is 5.56 Å². The van der Waals surface area contributed by atoms with E-state index < -0.39 is 11.9 Å². The molecule has 0 aliphatic heterocycles. The van der Waals surface area contributed by atoms with Crippen LogP contribution in [0.25, 0.3) is 11.2 Å². The van der Waals surface area contributed by atoms with Crippen LogP contribution in [-0.2, 0) is 18.8 Å². The number of hydrogen-bond donors (Lipinski definition) is 0. The highest BCUT2D eigenvalue weighted by Gasteiger charge is 2.21. The number of nitrogens with zero attached hydrogens (tertiary/aromatic N) is 4. The van der Waals surface area contributed by atoms with Gasteiger partial charge in [-0.05, 0) is 6.92 Å². The molecule has 0 spiro atoms. The van der Waals surface area contributed by atoms with Crippen molar-refractivity contribution in [3.63, 3.8) is 0 Å².